The van der Waals surface area contributed by atoms with Crippen LogP contribution in [-0.2, 0) is 4.57 Å². The van der Waals surface area contributed by atoms with Gasteiger partial charge >= 0.3 is 10.2 Å². The van der Waals surface area contributed by atoms with E-state index in [0.29, 0.717) is 23.4 Å². The topological polar surface area (TPSA) is 54.9 Å². The third-order valence-electron chi connectivity index (χ3n) is 3.70. The molecule has 0 aliphatic carbocycles. The molecule has 1 heterocycles. The van der Waals surface area contributed by atoms with Gasteiger partial charge in [0.1, 0.15) is 10.6 Å². The molecule has 1 N–H and O–H groups in total. The lowest BCUT2D eigenvalue weighted by atomic mass is 10.1. The van der Waals surface area contributed by atoms with Crippen LogP contribution in [-0.4, -0.2) is 9.97 Å². The summed E-state index contributed by atoms with van der Waals surface area (Å²) in [6, 6.07) is 8.30. The van der Waals surface area contributed by atoms with Crippen LogP contribution < -0.4 is 10.6 Å². The lowest BCUT2D eigenvalue weighted by Crippen LogP contribution is -2.06. The summed E-state index contributed by atoms with van der Waals surface area (Å²) in [5, 5.41) is 2.96. The van der Waals surface area contributed by atoms with Crippen molar-refractivity contribution in [3.05, 3.63) is 60.9 Å². The number of anilines is 2. The summed E-state index contributed by atoms with van der Waals surface area (Å²) in [6.07, 6.45) is 2.73. The van der Waals surface area contributed by atoms with Crippen LogP contribution in [0.1, 0.15) is 0 Å². The minimum atomic E-state index is -9.74. The van der Waals surface area contributed by atoms with E-state index in [1.54, 1.807) is 12.1 Å². The van der Waals surface area contributed by atoms with E-state index in [9.17, 15) is 24.0 Å². The molecule has 1 aromatic heterocycles. The molecule has 0 amide bonds. The second kappa shape index (κ2) is 6.57. The average Bonchev–Trinajstić information content (AvgIpc) is 2.60. The Morgan fingerprint density at radius 2 is 1.38 bits per heavy atom. The average molecular weight is 490 g/mol. The predicted molar refractivity (Wildman–Crippen MR) is 108 cm³/mol. The van der Waals surface area contributed by atoms with Gasteiger partial charge in [0.2, 0.25) is 0 Å². The van der Waals surface area contributed by atoms with Gasteiger partial charge in [-0.1, -0.05) is 31.6 Å². The molecule has 0 aliphatic rings. The molecule has 0 bridgehead atoms. The molecule has 0 saturated carbocycles. The van der Waals surface area contributed by atoms with E-state index in [1.807, 2.05) is 0 Å². The molecule has 3 aromatic rings. The zero-order chi connectivity index (χ0) is 21.6. The fraction of sp³-hybridized carbons (Fsp3) is 0. The van der Waals surface area contributed by atoms with Gasteiger partial charge in [0, 0.05) is 28.9 Å². The molecular weight excluding hydrogens is 479 g/mol. The summed E-state index contributed by atoms with van der Waals surface area (Å²) < 4.78 is 75.8. The van der Waals surface area contributed by atoms with Gasteiger partial charge in [-0.15, -0.1) is 0 Å². The summed E-state index contributed by atoms with van der Waals surface area (Å²) in [4.78, 5) is 6.25. The minimum Gasteiger partial charge on any atom is -0.338 e. The van der Waals surface area contributed by atoms with E-state index < -0.39 is 21.0 Å². The fourth-order valence-corrected chi connectivity index (χ4v) is 4.19. The van der Waals surface area contributed by atoms with Gasteiger partial charge in [0.05, 0.1) is 0 Å². The maximum Gasteiger partial charge on any atom is 0.310 e. The van der Waals surface area contributed by atoms with Crippen molar-refractivity contribution in [1.29, 1.82) is 0 Å². The number of aromatic nitrogens is 2. The molecule has 0 fully saturated rings. The van der Waals surface area contributed by atoms with Crippen LogP contribution in [0.15, 0.2) is 65.8 Å². The van der Waals surface area contributed by atoms with Crippen molar-refractivity contribution in [1.82, 2.24) is 9.97 Å². The number of rotatable bonds is 5. The highest BCUT2D eigenvalue weighted by molar-refractivity contribution is 8.45. The first-order chi connectivity index (χ1) is 13.1. The number of nitrogens with zero attached hydrogens (tertiary/aromatic N) is 2. The second-order valence-corrected chi connectivity index (χ2v) is 13.1. The van der Waals surface area contributed by atoms with Crippen LogP contribution >= 0.6 is 38.6 Å². The Morgan fingerprint density at radius 1 is 0.828 bits per heavy atom. The molecule has 0 unspecified atom stereocenters. The molecule has 29 heavy (non-hydrogen) atoms. The quantitative estimate of drug-likeness (QED) is 0.293. The van der Waals surface area contributed by atoms with Crippen molar-refractivity contribution in [2.75, 3.05) is 5.32 Å². The summed E-state index contributed by atoms with van der Waals surface area (Å²) in [7, 11) is -9.74. The number of benzene rings is 2. The lowest BCUT2D eigenvalue weighted by molar-refractivity contribution is 0.364. The van der Waals surface area contributed by atoms with Crippen molar-refractivity contribution in [2.45, 2.75) is 4.90 Å². The van der Waals surface area contributed by atoms with Crippen LogP contribution in [0, 0.1) is 0 Å². The van der Waals surface area contributed by atoms with Gasteiger partial charge in [-0.05, 0) is 58.9 Å². The highest BCUT2D eigenvalue weighted by Gasteiger charge is 2.65. The SMILES string of the molecule is O=P(Cl)(Cl)c1ccc(-c2nccnc2Nc2ccc(S(F)(F)(F)(F)F)cc2)cc1. The summed E-state index contributed by atoms with van der Waals surface area (Å²) >= 11 is 11.2. The minimum absolute atomic E-state index is 0.0972. The van der Waals surface area contributed by atoms with Gasteiger partial charge in [-0.3, -0.25) is 9.55 Å². The molecule has 0 atom stereocenters. The first-order valence-electron chi connectivity index (χ1n) is 7.66. The monoisotopic (exact) mass is 489 g/mol. The van der Waals surface area contributed by atoms with Gasteiger partial charge in [0.25, 0.3) is 5.85 Å². The molecule has 2 aromatic carbocycles. The zero-order valence-corrected chi connectivity index (χ0v) is 17.3. The van der Waals surface area contributed by atoms with Crippen LogP contribution in [0.5, 0.6) is 0 Å². The van der Waals surface area contributed by atoms with E-state index in [2.05, 4.69) is 15.3 Å². The highest BCUT2D eigenvalue weighted by Crippen LogP contribution is 3.02. The Kier molecular flexibility index (Phi) is 4.94. The zero-order valence-electron chi connectivity index (χ0n) is 14.1. The lowest BCUT2D eigenvalue weighted by Gasteiger charge is -2.40. The number of hydrogen-bond donors (Lipinski definition) is 1. The smallest absolute Gasteiger partial charge is 0.310 e. The van der Waals surface area contributed by atoms with E-state index in [1.165, 1.54) is 24.5 Å². The largest absolute Gasteiger partial charge is 0.338 e. The summed E-state index contributed by atoms with van der Waals surface area (Å²) in [5.41, 5.74) is 0.935. The Labute approximate surface area is 171 Å². The summed E-state index contributed by atoms with van der Waals surface area (Å²) in [5.74, 6) is -3.32. The van der Waals surface area contributed by atoms with Crippen LogP contribution in [0.2, 0.25) is 0 Å². The van der Waals surface area contributed by atoms with Crippen molar-refractivity contribution in [3.8, 4) is 11.3 Å². The Hall–Kier alpha value is -1.87. The number of nitrogens with one attached hydrogen (secondary N) is 1. The maximum absolute atomic E-state index is 12.8. The van der Waals surface area contributed by atoms with Crippen LogP contribution in [0.25, 0.3) is 11.3 Å². The van der Waals surface area contributed by atoms with E-state index in [4.69, 9.17) is 22.5 Å². The standard InChI is InChI=1S/C16H11Cl2F5N3OPS/c17-28(18,27)13-5-1-11(2-6-13)15-16(25-10-9-24-15)26-12-3-7-14(8-4-12)29(19,20,21,22)23/h1-10H,(H,25,26). The molecule has 3 rings (SSSR count). The maximum atomic E-state index is 12.8. The van der Waals surface area contributed by atoms with Crippen LogP contribution in [0.3, 0.4) is 0 Å². The second-order valence-electron chi connectivity index (χ2n) is 5.88. The van der Waals surface area contributed by atoms with Crippen molar-refractivity contribution >= 4 is 55.4 Å². The van der Waals surface area contributed by atoms with E-state index in [0.717, 1.165) is 12.1 Å². The van der Waals surface area contributed by atoms with Gasteiger partial charge < -0.3 is 5.32 Å². The molecule has 156 valence electrons. The molecule has 13 heteroatoms. The van der Waals surface area contributed by atoms with Crippen molar-refractivity contribution in [3.63, 3.8) is 0 Å². The Bertz CT molecular complexity index is 1110. The number of halogens is 7. The molecule has 4 nitrogen and oxygen atoms in total. The molecule has 0 spiro atoms. The predicted octanol–water partition coefficient (Wildman–Crippen LogP) is 7.84. The third-order valence-corrected chi connectivity index (χ3v) is 6.94. The van der Waals surface area contributed by atoms with Crippen molar-refractivity contribution < 1.29 is 24.0 Å². The van der Waals surface area contributed by atoms with E-state index >= 15 is 0 Å². The molecule has 0 saturated heterocycles. The van der Waals surface area contributed by atoms with Crippen LogP contribution in [0.4, 0.5) is 30.9 Å². The molecule has 0 aliphatic heterocycles. The Balaban J connectivity index is 1.92. The Morgan fingerprint density at radius 3 is 1.90 bits per heavy atom. The highest BCUT2D eigenvalue weighted by atomic mass is 35.9. The van der Waals surface area contributed by atoms with Gasteiger partial charge in [-0.25, -0.2) is 4.98 Å². The summed E-state index contributed by atoms with van der Waals surface area (Å²) in [6.45, 7) is 0. The van der Waals surface area contributed by atoms with Crippen molar-refractivity contribution in [2.24, 2.45) is 0 Å². The van der Waals surface area contributed by atoms with Gasteiger partial charge in [0.15, 0.2) is 5.82 Å². The van der Waals surface area contributed by atoms with E-state index in [-0.39, 0.29) is 16.8 Å². The fourth-order valence-electron chi connectivity index (χ4n) is 2.37. The molecular formula is C16H11Cl2F5N3OPS. The number of hydrogen-bond acceptors (Lipinski definition) is 4. The normalized spacial score (nSPS) is 14.7. The third kappa shape index (κ3) is 5.39. The molecule has 0 radical (unpaired) electrons. The first-order valence-corrected chi connectivity index (χ1v) is 13.1. The van der Waals surface area contributed by atoms with Gasteiger partial charge in [-0.2, -0.15) is 0 Å². The first kappa shape index (κ1) is 21.8.